The van der Waals surface area contributed by atoms with E-state index in [1.165, 1.54) is 5.56 Å². The van der Waals surface area contributed by atoms with E-state index >= 15 is 0 Å². The predicted octanol–water partition coefficient (Wildman–Crippen LogP) is 0.717. The predicted molar refractivity (Wildman–Crippen MR) is 61.4 cm³/mol. The lowest BCUT2D eigenvalue weighted by molar-refractivity contribution is 0.0994. The van der Waals surface area contributed by atoms with Crippen molar-refractivity contribution in [3.8, 4) is 0 Å². The number of carbonyl (C=O) groups is 1. The molecule has 3 rings (SSSR count). The van der Waals surface area contributed by atoms with E-state index < -0.39 is 5.91 Å². The first kappa shape index (κ1) is 10.0. The molecule has 1 aromatic carbocycles. The lowest BCUT2D eigenvalue weighted by Crippen LogP contribution is -2.14. The van der Waals surface area contributed by atoms with Crippen LogP contribution in [0.4, 0.5) is 0 Å². The van der Waals surface area contributed by atoms with Gasteiger partial charge in [-0.1, -0.05) is 35.5 Å². The van der Waals surface area contributed by atoms with Crippen molar-refractivity contribution in [2.45, 2.75) is 18.9 Å². The van der Waals surface area contributed by atoms with E-state index in [1.807, 2.05) is 18.2 Å². The summed E-state index contributed by atoms with van der Waals surface area (Å²) in [5.74, 6) is -0.139. The van der Waals surface area contributed by atoms with Crippen molar-refractivity contribution >= 4 is 5.91 Å². The van der Waals surface area contributed by atoms with Crippen LogP contribution in [0.1, 0.15) is 27.7 Å². The maximum Gasteiger partial charge on any atom is 0.271 e. The van der Waals surface area contributed by atoms with Crippen LogP contribution in [0, 0.1) is 0 Å². The molecule has 0 bridgehead atoms. The Labute approximate surface area is 98.2 Å². The molecule has 1 amide bonds. The fraction of sp³-hybridized carbons (Fsp3) is 0.250. The van der Waals surface area contributed by atoms with Crippen molar-refractivity contribution in [1.82, 2.24) is 15.0 Å². The first-order valence-electron chi connectivity index (χ1n) is 5.53. The van der Waals surface area contributed by atoms with Crippen molar-refractivity contribution in [1.29, 1.82) is 0 Å². The Kier molecular flexibility index (Phi) is 2.18. The molecule has 1 aliphatic heterocycles. The molecule has 1 unspecified atom stereocenters. The number of hydrogen-bond donors (Lipinski definition) is 1. The fourth-order valence-electron chi connectivity index (χ4n) is 2.33. The molecule has 86 valence electrons. The molecule has 0 spiro atoms. The number of rotatable bonds is 2. The average molecular weight is 228 g/mol. The lowest BCUT2D eigenvalue weighted by atomic mass is 9.97. The molecule has 5 nitrogen and oxygen atoms in total. The summed E-state index contributed by atoms with van der Waals surface area (Å²) >= 11 is 0. The third-order valence-corrected chi connectivity index (χ3v) is 3.18. The standard InChI is InChI=1S/C12H12N4O/c13-12(17)11-10-6-9(7-16(10)15-14-11)8-4-2-1-3-5-8/h1-5,9H,6-7H2,(H2,13,17). The molecule has 0 saturated carbocycles. The van der Waals surface area contributed by atoms with E-state index in [0.717, 1.165) is 18.7 Å². The van der Waals surface area contributed by atoms with E-state index in [0.29, 0.717) is 11.6 Å². The highest BCUT2D eigenvalue weighted by Crippen LogP contribution is 2.29. The van der Waals surface area contributed by atoms with Gasteiger partial charge in [-0.3, -0.25) is 4.79 Å². The van der Waals surface area contributed by atoms with Crippen molar-refractivity contribution in [3.05, 3.63) is 47.3 Å². The minimum atomic E-state index is -0.500. The lowest BCUT2D eigenvalue weighted by Gasteiger charge is -2.07. The zero-order valence-electron chi connectivity index (χ0n) is 9.21. The van der Waals surface area contributed by atoms with Crippen LogP contribution < -0.4 is 5.73 Å². The first-order valence-corrected chi connectivity index (χ1v) is 5.53. The average Bonchev–Trinajstić information content (AvgIpc) is 2.88. The quantitative estimate of drug-likeness (QED) is 0.822. The minimum Gasteiger partial charge on any atom is -0.364 e. The Morgan fingerprint density at radius 2 is 2.12 bits per heavy atom. The highest BCUT2D eigenvalue weighted by atomic mass is 16.1. The smallest absolute Gasteiger partial charge is 0.271 e. The third-order valence-electron chi connectivity index (χ3n) is 3.18. The molecule has 0 fully saturated rings. The van der Waals surface area contributed by atoms with Crippen LogP contribution >= 0.6 is 0 Å². The van der Waals surface area contributed by atoms with Crippen LogP contribution in [0.5, 0.6) is 0 Å². The molecule has 2 heterocycles. The molecule has 1 atom stereocenters. The van der Waals surface area contributed by atoms with Crippen LogP contribution in [0.15, 0.2) is 30.3 Å². The Balaban J connectivity index is 1.91. The molecule has 17 heavy (non-hydrogen) atoms. The van der Waals surface area contributed by atoms with Gasteiger partial charge in [-0.15, -0.1) is 5.10 Å². The second kappa shape index (κ2) is 3.69. The number of aromatic nitrogens is 3. The van der Waals surface area contributed by atoms with Crippen LogP contribution in [0.25, 0.3) is 0 Å². The Hall–Kier alpha value is -2.17. The molecule has 1 aromatic heterocycles. The number of carbonyl (C=O) groups excluding carboxylic acids is 1. The summed E-state index contributed by atoms with van der Waals surface area (Å²) in [4.78, 5) is 11.2. The van der Waals surface area contributed by atoms with Gasteiger partial charge in [0, 0.05) is 12.3 Å². The number of primary amides is 1. The van der Waals surface area contributed by atoms with Crippen molar-refractivity contribution in [2.75, 3.05) is 0 Å². The largest absolute Gasteiger partial charge is 0.364 e. The molecule has 0 aliphatic carbocycles. The Morgan fingerprint density at radius 3 is 2.82 bits per heavy atom. The molecular weight excluding hydrogens is 216 g/mol. The molecule has 0 radical (unpaired) electrons. The van der Waals surface area contributed by atoms with Gasteiger partial charge in [-0.2, -0.15) is 0 Å². The van der Waals surface area contributed by atoms with E-state index in [9.17, 15) is 4.79 Å². The summed E-state index contributed by atoms with van der Waals surface area (Å²) in [7, 11) is 0. The van der Waals surface area contributed by atoms with Gasteiger partial charge < -0.3 is 5.73 Å². The second-order valence-electron chi connectivity index (χ2n) is 4.24. The number of amides is 1. The van der Waals surface area contributed by atoms with E-state index in [-0.39, 0.29) is 0 Å². The van der Waals surface area contributed by atoms with Crippen LogP contribution in [-0.4, -0.2) is 20.9 Å². The first-order chi connectivity index (χ1) is 8.25. The van der Waals surface area contributed by atoms with Crippen molar-refractivity contribution < 1.29 is 4.79 Å². The van der Waals surface area contributed by atoms with Gasteiger partial charge in [0.25, 0.3) is 5.91 Å². The maximum atomic E-state index is 11.2. The summed E-state index contributed by atoms with van der Waals surface area (Å²) in [5, 5.41) is 7.76. The molecule has 0 saturated heterocycles. The van der Waals surface area contributed by atoms with E-state index in [2.05, 4.69) is 22.4 Å². The summed E-state index contributed by atoms with van der Waals surface area (Å²) < 4.78 is 1.78. The zero-order valence-corrected chi connectivity index (χ0v) is 9.21. The van der Waals surface area contributed by atoms with E-state index in [1.54, 1.807) is 4.68 Å². The normalized spacial score (nSPS) is 18.0. The van der Waals surface area contributed by atoms with Gasteiger partial charge in [0.15, 0.2) is 5.69 Å². The number of fused-ring (bicyclic) bond motifs is 1. The van der Waals surface area contributed by atoms with Gasteiger partial charge in [0.2, 0.25) is 0 Å². The molecule has 1 aliphatic rings. The fourth-order valence-corrected chi connectivity index (χ4v) is 2.33. The van der Waals surface area contributed by atoms with Crippen molar-refractivity contribution in [2.24, 2.45) is 5.73 Å². The summed E-state index contributed by atoms with van der Waals surface area (Å²) in [6.07, 6.45) is 0.773. The minimum absolute atomic E-state index is 0.309. The zero-order chi connectivity index (χ0) is 11.8. The van der Waals surface area contributed by atoms with Crippen LogP contribution in [0.3, 0.4) is 0 Å². The second-order valence-corrected chi connectivity index (χ2v) is 4.24. The van der Waals surface area contributed by atoms with Gasteiger partial charge in [0.05, 0.1) is 12.2 Å². The highest BCUT2D eigenvalue weighted by Gasteiger charge is 2.29. The Bertz CT molecular complexity index is 561. The van der Waals surface area contributed by atoms with Crippen LogP contribution in [-0.2, 0) is 13.0 Å². The molecule has 2 N–H and O–H groups in total. The number of benzene rings is 1. The molecule has 2 aromatic rings. The third kappa shape index (κ3) is 1.60. The van der Waals surface area contributed by atoms with E-state index in [4.69, 9.17) is 5.73 Å². The topological polar surface area (TPSA) is 73.8 Å². The van der Waals surface area contributed by atoms with Gasteiger partial charge in [0.1, 0.15) is 0 Å². The number of nitrogens with two attached hydrogens (primary N) is 1. The maximum absolute atomic E-state index is 11.2. The van der Waals surface area contributed by atoms with Gasteiger partial charge in [-0.05, 0) is 5.56 Å². The highest BCUT2D eigenvalue weighted by molar-refractivity contribution is 5.91. The number of hydrogen-bond acceptors (Lipinski definition) is 3. The molecule has 5 heteroatoms. The Morgan fingerprint density at radius 1 is 1.35 bits per heavy atom. The van der Waals surface area contributed by atoms with Gasteiger partial charge in [-0.25, -0.2) is 4.68 Å². The SMILES string of the molecule is NC(=O)c1nnn2c1CC(c1ccccc1)C2. The van der Waals surface area contributed by atoms with Crippen LogP contribution in [0.2, 0.25) is 0 Å². The van der Waals surface area contributed by atoms with Crippen molar-refractivity contribution in [3.63, 3.8) is 0 Å². The monoisotopic (exact) mass is 228 g/mol. The number of nitrogens with zero attached hydrogens (tertiary/aromatic N) is 3. The summed E-state index contributed by atoms with van der Waals surface area (Å²) in [5.41, 5.74) is 7.68. The summed E-state index contributed by atoms with van der Waals surface area (Å²) in [6.45, 7) is 0.764. The van der Waals surface area contributed by atoms with Gasteiger partial charge >= 0.3 is 0 Å². The summed E-state index contributed by atoms with van der Waals surface area (Å²) in [6, 6.07) is 10.2. The molecular formula is C12H12N4O.